The summed E-state index contributed by atoms with van der Waals surface area (Å²) in [5.74, 6) is -0.0188. The largest absolute Gasteiger partial charge is 0.289 e. The van der Waals surface area contributed by atoms with Gasteiger partial charge >= 0.3 is 0 Å². The molecule has 0 heterocycles. The number of rotatable bonds is 10. The number of hydrogen-bond acceptors (Lipinski definition) is 1. The fourth-order valence-corrected chi connectivity index (χ4v) is 8.53. The number of ketones is 1. The zero-order chi connectivity index (χ0) is 41.7. The first-order valence-corrected chi connectivity index (χ1v) is 21.4. The molecule has 10 rings (SSSR count). The summed E-state index contributed by atoms with van der Waals surface area (Å²) in [6, 6.07) is 78.8. The normalized spacial score (nSPS) is 12.2. The molecule has 0 amide bonds. The number of benzene rings is 9. The van der Waals surface area contributed by atoms with Crippen molar-refractivity contribution in [1.82, 2.24) is 0 Å². The summed E-state index contributed by atoms with van der Waals surface area (Å²) in [5.41, 5.74) is 19.1. The molecule has 0 spiro atoms. The Morgan fingerprint density at radius 3 is 0.855 bits per heavy atom. The molecule has 0 aliphatic heterocycles. The molecule has 9 aromatic rings. The minimum absolute atomic E-state index is 0.0188. The Hall–Kier alpha value is -7.87. The molecule has 0 radical (unpaired) electrons. The Labute approximate surface area is 364 Å². The van der Waals surface area contributed by atoms with Crippen molar-refractivity contribution in [2.24, 2.45) is 0 Å². The summed E-state index contributed by atoms with van der Waals surface area (Å²) in [7, 11) is 0. The van der Waals surface area contributed by atoms with Gasteiger partial charge in [-0.25, -0.2) is 0 Å². The van der Waals surface area contributed by atoms with Gasteiger partial charge in [0, 0.05) is 11.1 Å². The van der Waals surface area contributed by atoms with E-state index in [1.54, 1.807) is 0 Å². The lowest BCUT2D eigenvalue weighted by molar-refractivity contribution is 0.103. The predicted molar refractivity (Wildman–Crippen MR) is 261 cm³/mol. The van der Waals surface area contributed by atoms with Crippen molar-refractivity contribution in [3.63, 3.8) is 0 Å². The fraction of sp³-hybridized carbons (Fsp3) is 0.0328. The van der Waals surface area contributed by atoms with Crippen LogP contribution in [0.2, 0.25) is 0 Å². The molecule has 0 fully saturated rings. The molecule has 1 heteroatoms. The zero-order valence-corrected chi connectivity index (χ0v) is 34.4. The van der Waals surface area contributed by atoms with Crippen molar-refractivity contribution >= 4 is 11.4 Å². The highest BCUT2D eigenvalue weighted by Gasteiger charge is 2.17. The van der Waals surface area contributed by atoms with Gasteiger partial charge in [-0.15, -0.1) is 0 Å². The second-order valence-corrected chi connectivity index (χ2v) is 16.0. The van der Waals surface area contributed by atoms with Gasteiger partial charge in [0.25, 0.3) is 0 Å². The van der Waals surface area contributed by atoms with Crippen LogP contribution in [0.3, 0.4) is 0 Å². The van der Waals surface area contributed by atoms with E-state index < -0.39 is 0 Å². The van der Waals surface area contributed by atoms with Gasteiger partial charge < -0.3 is 0 Å². The van der Waals surface area contributed by atoms with Crippen molar-refractivity contribution in [2.45, 2.75) is 12.8 Å². The highest BCUT2D eigenvalue weighted by molar-refractivity contribution is 6.11. The standard InChI is InChI=1S/C61H44O/c62-61(59-39-55(51-29-21-47(22-30-51)43-13-5-1-6-14-43)37-56(40-59)52-31-23-48(24-32-52)44-15-7-2-8-16-44)60-41-57(53-33-25-49(26-34-53)45-17-9-3-10-18-45)38-58(42-60)54-35-27-50(28-36-54)46-19-11-4-12-20-46/h1-11,13-19,21-42H,12,20H2. The summed E-state index contributed by atoms with van der Waals surface area (Å²) in [6.45, 7) is 0. The maximum atomic E-state index is 15.1. The molecule has 0 unspecified atom stereocenters. The van der Waals surface area contributed by atoms with Gasteiger partial charge in [0.2, 0.25) is 0 Å². The Morgan fingerprint density at radius 1 is 0.290 bits per heavy atom. The lowest BCUT2D eigenvalue weighted by Gasteiger charge is -2.14. The summed E-state index contributed by atoms with van der Waals surface area (Å²) < 4.78 is 0. The molecule has 1 nitrogen and oxygen atoms in total. The molecule has 1 aliphatic carbocycles. The van der Waals surface area contributed by atoms with E-state index in [-0.39, 0.29) is 5.78 Å². The summed E-state index contributed by atoms with van der Waals surface area (Å²) >= 11 is 0. The van der Waals surface area contributed by atoms with E-state index in [0.29, 0.717) is 11.1 Å². The first-order valence-electron chi connectivity index (χ1n) is 21.4. The van der Waals surface area contributed by atoms with E-state index >= 15 is 4.79 Å². The van der Waals surface area contributed by atoms with Gasteiger partial charge in [-0.1, -0.05) is 206 Å². The van der Waals surface area contributed by atoms with E-state index in [4.69, 9.17) is 0 Å². The Balaban J connectivity index is 1.07. The first-order chi connectivity index (χ1) is 30.6. The molecular formula is C61H44O. The van der Waals surface area contributed by atoms with E-state index in [9.17, 15) is 0 Å². The third-order valence-electron chi connectivity index (χ3n) is 12.0. The van der Waals surface area contributed by atoms with Crippen LogP contribution >= 0.6 is 0 Å². The van der Waals surface area contributed by atoms with Gasteiger partial charge in [0.05, 0.1) is 0 Å². The van der Waals surface area contributed by atoms with Crippen LogP contribution in [0.5, 0.6) is 0 Å². The monoisotopic (exact) mass is 792 g/mol. The van der Waals surface area contributed by atoms with Gasteiger partial charge in [-0.2, -0.15) is 0 Å². The topological polar surface area (TPSA) is 17.1 Å². The van der Waals surface area contributed by atoms with Crippen LogP contribution in [0.15, 0.2) is 243 Å². The number of carbonyl (C=O) groups excluding carboxylic acids is 1. The lowest BCUT2D eigenvalue weighted by Crippen LogP contribution is -2.03. The Kier molecular flexibility index (Phi) is 10.8. The van der Waals surface area contributed by atoms with E-state index in [0.717, 1.165) is 74.0 Å². The number of hydrogen-bond donors (Lipinski definition) is 0. The Morgan fingerprint density at radius 2 is 0.565 bits per heavy atom. The van der Waals surface area contributed by atoms with E-state index in [2.05, 4.69) is 224 Å². The van der Waals surface area contributed by atoms with Crippen LogP contribution in [0, 0.1) is 0 Å². The summed E-state index contributed by atoms with van der Waals surface area (Å²) in [6.07, 6.45) is 8.68. The quantitative estimate of drug-likeness (QED) is 0.126. The van der Waals surface area contributed by atoms with Crippen LogP contribution in [0.4, 0.5) is 0 Å². The summed E-state index contributed by atoms with van der Waals surface area (Å²) in [4.78, 5) is 15.1. The number of carbonyl (C=O) groups is 1. The van der Waals surface area contributed by atoms with E-state index in [1.807, 2.05) is 18.2 Å². The van der Waals surface area contributed by atoms with Gasteiger partial charge in [0.1, 0.15) is 0 Å². The molecule has 1 aliphatic rings. The molecule has 0 saturated heterocycles. The minimum Gasteiger partial charge on any atom is -0.289 e. The molecule has 0 atom stereocenters. The highest BCUT2D eigenvalue weighted by Crippen LogP contribution is 2.36. The third kappa shape index (κ3) is 8.30. The van der Waals surface area contributed by atoms with Gasteiger partial charge in [0.15, 0.2) is 5.78 Å². The van der Waals surface area contributed by atoms with Crippen molar-refractivity contribution in [3.05, 3.63) is 259 Å². The second kappa shape index (κ2) is 17.4. The molecule has 294 valence electrons. The molecule has 0 saturated carbocycles. The minimum atomic E-state index is -0.0188. The van der Waals surface area contributed by atoms with Gasteiger partial charge in [-0.05, 0) is 138 Å². The van der Waals surface area contributed by atoms with Crippen molar-refractivity contribution in [2.75, 3.05) is 0 Å². The van der Waals surface area contributed by atoms with Crippen LogP contribution in [0.1, 0.15) is 34.3 Å². The van der Waals surface area contributed by atoms with Crippen LogP contribution in [-0.2, 0) is 0 Å². The molecule has 0 N–H and O–H groups in total. The van der Waals surface area contributed by atoms with Crippen molar-refractivity contribution < 1.29 is 4.79 Å². The van der Waals surface area contributed by atoms with Gasteiger partial charge in [-0.3, -0.25) is 4.79 Å². The first kappa shape index (κ1) is 38.3. The highest BCUT2D eigenvalue weighted by atomic mass is 16.1. The fourth-order valence-electron chi connectivity index (χ4n) is 8.53. The van der Waals surface area contributed by atoms with Crippen LogP contribution < -0.4 is 0 Å². The average Bonchev–Trinajstić information content (AvgIpc) is 3.37. The molecule has 0 bridgehead atoms. The summed E-state index contributed by atoms with van der Waals surface area (Å²) in [5, 5.41) is 0. The molecule has 0 aromatic heterocycles. The van der Waals surface area contributed by atoms with Crippen molar-refractivity contribution in [3.8, 4) is 77.9 Å². The van der Waals surface area contributed by atoms with E-state index in [1.165, 1.54) is 27.8 Å². The van der Waals surface area contributed by atoms with Crippen LogP contribution in [0.25, 0.3) is 83.5 Å². The zero-order valence-electron chi connectivity index (χ0n) is 34.4. The smallest absolute Gasteiger partial charge is 0.193 e. The molecule has 62 heavy (non-hydrogen) atoms. The average molecular weight is 793 g/mol. The Bertz CT molecular complexity index is 2950. The number of allylic oxidation sites excluding steroid dienone is 4. The maximum absolute atomic E-state index is 15.1. The lowest BCUT2D eigenvalue weighted by atomic mass is 9.89. The van der Waals surface area contributed by atoms with Crippen LogP contribution in [-0.4, -0.2) is 5.78 Å². The maximum Gasteiger partial charge on any atom is 0.193 e. The predicted octanol–water partition coefficient (Wildman–Crippen LogP) is 16.3. The molecule has 9 aromatic carbocycles. The van der Waals surface area contributed by atoms with Crippen molar-refractivity contribution in [1.29, 1.82) is 0 Å². The third-order valence-corrected chi connectivity index (χ3v) is 12.0. The SMILES string of the molecule is O=C(c1cc(-c2ccc(C3=CC=CCC3)cc2)cc(-c2ccc(-c3ccccc3)cc2)c1)c1cc(-c2ccc(-c3ccccc3)cc2)cc(-c2ccc(-c3ccccc3)cc2)c1. The second-order valence-electron chi connectivity index (χ2n) is 16.0. The molecular weight excluding hydrogens is 749 g/mol.